The van der Waals surface area contributed by atoms with Crippen LogP contribution in [0, 0.1) is 11.6 Å². The molecule has 2 rings (SSSR count). The van der Waals surface area contributed by atoms with Gasteiger partial charge in [-0.3, -0.25) is 4.79 Å². The lowest BCUT2D eigenvalue weighted by Crippen LogP contribution is -2.30. The summed E-state index contributed by atoms with van der Waals surface area (Å²) in [5.74, 6) is -1.85. The van der Waals surface area contributed by atoms with Crippen molar-refractivity contribution in [3.63, 3.8) is 0 Å². The molecule has 0 N–H and O–H groups in total. The zero-order valence-electron chi connectivity index (χ0n) is 12.5. The van der Waals surface area contributed by atoms with Gasteiger partial charge in [0, 0.05) is 6.42 Å². The van der Waals surface area contributed by atoms with Gasteiger partial charge in [0.15, 0.2) is 11.6 Å². The normalized spacial score (nSPS) is 17.5. The Labute approximate surface area is 124 Å². The Morgan fingerprint density at radius 2 is 1.90 bits per heavy atom. The van der Waals surface area contributed by atoms with Gasteiger partial charge in [0.25, 0.3) is 0 Å². The maximum atomic E-state index is 13.6. The number of esters is 1. The number of carbonyl (C=O) groups excluding carboxylic acids is 1. The Hall–Kier alpha value is -1.45. The van der Waals surface area contributed by atoms with Crippen LogP contribution in [0.1, 0.15) is 57.4 Å². The molecule has 1 aromatic rings. The molecule has 1 aliphatic carbocycles. The highest BCUT2D eigenvalue weighted by Crippen LogP contribution is 2.43. The van der Waals surface area contributed by atoms with Crippen LogP contribution in [0.2, 0.25) is 0 Å². The van der Waals surface area contributed by atoms with E-state index in [1.54, 1.807) is 13.0 Å². The fourth-order valence-corrected chi connectivity index (χ4v) is 3.31. The van der Waals surface area contributed by atoms with Crippen LogP contribution < -0.4 is 0 Å². The van der Waals surface area contributed by atoms with Crippen molar-refractivity contribution < 1.29 is 18.3 Å². The largest absolute Gasteiger partial charge is 0.466 e. The molecule has 0 aromatic heterocycles. The summed E-state index contributed by atoms with van der Waals surface area (Å²) in [6.07, 6.45) is 6.06. The summed E-state index contributed by atoms with van der Waals surface area (Å²) in [7, 11) is 0. The molecule has 1 saturated carbocycles. The van der Waals surface area contributed by atoms with E-state index in [1.807, 2.05) is 0 Å². The molecule has 1 aliphatic rings. The minimum Gasteiger partial charge on any atom is -0.466 e. The first kappa shape index (κ1) is 15.9. The second kappa shape index (κ2) is 7.01. The average molecular weight is 296 g/mol. The van der Waals surface area contributed by atoms with Gasteiger partial charge in [-0.2, -0.15) is 0 Å². The summed E-state index contributed by atoms with van der Waals surface area (Å²) >= 11 is 0. The minimum atomic E-state index is -0.824. The molecule has 0 aliphatic heterocycles. The summed E-state index contributed by atoms with van der Waals surface area (Å²) in [6.45, 7) is 2.15. The molecule has 0 unspecified atom stereocenters. The minimum absolute atomic E-state index is 0.218. The molecule has 0 heterocycles. The van der Waals surface area contributed by atoms with Crippen molar-refractivity contribution in [3.05, 3.63) is 35.4 Å². The van der Waals surface area contributed by atoms with E-state index >= 15 is 0 Å². The van der Waals surface area contributed by atoms with Crippen LogP contribution >= 0.6 is 0 Å². The van der Waals surface area contributed by atoms with Gasteiger partial charge >= 0.3 is 5.97 Å². The smallest absolute Gasteiger partial charge is 0.305 e. The van der Waals surface area contributed by atoms with Crippen molar-refractivity contribution in [2.75, 3.05) is 6.61 Å². The molecule has 2 nitrogen and oxygen atoms in total. The van der Waals surface area contributed by atoms with Crippen LogP contribution in [0.25, 0.3) is 0 Å². The molecule has 21 heavy (non-hydrogen) atoms. The quantitative estimate of drug-likeness (QED) is 0.747. The molecule has 0 amide bonds. The van der Waals surface area contributed by atoms with Gasteiger partial charge in [0.2, 0.25) is 0 Å². The molecule has 4 heteroatoms. The Kier molecular flexibility index (Phi) is 5.32. The van der Waals surface area contributed by atoms with E-state index in [-0.39, 0.29) is 11.4 Å². The molecular formula is C17H22F2O2. The zero-order valence-corrected chi connectivity index (χ0v) is 12.5. The van der Waals surface area contributed by atoms with E-state index in [2.05, 4.69) is 0 Å². The van der Waals surface area contributed by atoms with Gasteiger partial charge in [0.05, 0.1) is 6.61 Å². The number of halogens is 2. The topological polar surface area (TPSA) is 26.3 Å². The Bertz CT molecular complexity index is 494. The summed E-state index contributed by atoms with van der Waals surface area (Å²) < 4.78 is 31.7. The third-order valence-electron chi connectivity index (χ3n) is 4.46. The molecule has 0 spiro atoms. The maximum absolute atomic E-state index is 13.6. The predicted octanol–water partition coefficient (Wildman–Crippen LogP) is 4.51. The van der Waals surface area contributed by atoms with Gasteiger partial charge < -0.3 is 4.74 Å². The lowest BCUT2D eigenvalue weighted by Gasteiger charge is -2.38. The summed E-state index contributed by atoms with van der Waals surface area (Å²) in [5, 5.41) is 0. The summed E-state index contributed by atoms with van der Waals surface area (Å²) in [6, 6.07) is 4.14. The van der Waals surface area contributed by atoms with Crippen molar-refractivity contribution in [2.45, 2.75) is 57.3 Å². The first-order valence-electron chi connectivity index (χ1n) is 7.68. The van der Waals surface area contributed by atoms with Crippen molar-refractivity contribution in [1.82, 2.24) is 0 Å². The lowest BCUT2D eigenvalue weighted by atomic mass is 9.67. The van der Waals surface area contributed by atoms with Gasteiger partial charge in [0.1, 0.15) is 0 Å². The van der Waals surface area contributed by atoms with Crippen LogP contribution in [0.3, 0.4) is 0 Å². The predicted molar refractivity (Wildman–Crippen MR) is 77.0 cm³/mol. The van der Waals surface area contributed by atoms with Crippen molar-refractivity contribution in [2.24, 2.45) is 0 Å². The summed E-state index contributed by atoms with van der Waals surface area (Å²) in [5.41, 5.74) is 0.588. The number of hydrogen-bond acceptors (Lipinski definition) is 2. The van der Waals surface area contributed by atoms with Gasteiger partial charge in [-0.1, -0.05) is 25.3 Å². The third-order valence-corrected chi connectivity index (χ3v) is 4.46. The number of carbonyl (C=O) groups is 1. The van der Waals surface area contributed by atoms with E-state index in [0.717, 1.165) is 37.7 Å². The first-order chi connectivity index (χ1) is 10.1. The Morgan fingerprint density at radius 1 is 1.19 bits per heavy atom. The van der Waals surface area contributed by atoms with Crippen LogP contribution in [0.15, 0.2) is 18.2 Å². The van der Waals surface area contributed by atoms with E-state index < -0.39 is 11.6 Å². The number of hydrogen-bond donors (Lipinski definition) is 0. The highest BCUT2D eigenvalue weighted by atomic mass is 19.2. The van der Waals surface area contributed by atoms with Crippen molar-refractivity contribution >= 4 is 5.97 Å². The lowest BCUT2D eigenvalue weighted by molar-refractivity contribution is -0.143. The molecule has 0 bridgehead atoms. The molecule has 0 saturated heterocycles. The Balaban J connectivity index is 2.19. The Morgan fingerprint density at radius 3 is 2.52 bits per heavy atom. The van der Waals surface area contributed by atoms with E-state index in [9.17, 15) is 13.6 Å². The van der Waals surface area contributed by atoms with Crippen molar-refractivity contribution in [1.29, 1.82) is 0 Å². The highest BCUT2D eigenvalue weighted by molar-refractivity contribution is 5.69. The van der Waals surface area contributed by atoms with E-state index in [0.29, 0.717) is 19.4 Å². The number of rotatable bonds is 5. The van der Waals surface area contributed by atoms with Crippen LogP contribution in [-0.2, 0) is 14.9 Å². The average Bonchev–Trinajstić information content (AvgIpc) is 2.49. The number of ether oxygens (including phenoxy) is 1. The maximum Gasteiger partial charge on any atom is 0.305 e. The van der Waals surface area contributed by atoms with E-state index in [4.69, 9.17) is 4.74 Å². The van der Waals surface area contributed by atoms with Crippen molar-refractivity contribution in [3.8, 4) is 0 Å². The van der Waals surface area contributed by atoms with Crippen LogP contribution in [0.4, 0.5) is 8.78 Å². The van der Waals surface area contributed by atoms with Gasteiger partial charge in [-0.25, -0.2) is 8.78 Å². The van der Waals surface area contributed by atoms with Gasteiger partial charge in [-0.15, -0.1) is 0 Å². The second-order valence-electron chi connectivity index (χ2n) is 5.77. The first-order valence-corrected chi connectivity index (χ1v) is 7.68. The SMILES string of the molecule is CCOC(=O)CCC1(c2ccc(F)c(F)c2)CCCCC1. The molecule has 1 aromatic carbocycles. The number of benzene rings is 1. The third kappa shape index (κ3) is 3.80. The molecule has 0 radical (unpaired) electrons. The molecule has 1 fully saturated rings. The zero-order chi connectivity index (χ0) is 15.3. The standard InChI is InChI=1S/C17H22F2O2/c1-2-21-16(20)8-11-17(9-4-3-5-10-17)13-6-7-14(18)15(19)12-13/h6-7,12H,2-5,8-11H2,1H3. The fourth-order valence-electron chi connectivity index (χ4n) is 3.31. The monoisotopic (exact) mass is 296 g/mol. The van der Waals surface area contributed by atoms with Gasteiger partial charge in [-0.05, 0) is 49.3 Å². The molecular weight excluding hydrogens is 274 g/mol. The van der Waals surface area contributed by atoms with Crippen LogP contribution in [-0.4, -0.2) is 12.6 Å². The van der Waals surface area contributed by atoms with Crippen LogP contribution in [0.5, 0.6) is 0 Å². The van der Waals surface area contributed by atoms with E-state index in [1.165, 1.54) is 12.1 Å². The second-order valence-corrected chi connectivity index (χ2v) is 5.77. The summed E-state index contributed by atoms with van der Waals surface area (Å²) in [4.78, 5) is 11.6. The fraction of sp³-hybridized carbons (Fsp3) is 0.588. The molecule has 0 atom stereocenters. The highest BCUT2D eigenvalue weighted by Gasteiger charge is 2.34. The molecule has 116 valence electrons.